The molecule has 1 aromatic carbocycles. The molecule has 25 heavy (non-hydrogen) atoms. The molecule has 4 rings (SSSR count). The van der Waals surface area contributed by atoms with Crippen molar-refractivity contribution in [3.05, 3.63) is 60.7 Å². The number of aromatic nitrogens is 3. The standard InChI is InChI=1S/C19H19N5O/c25-19(17-6-5-14-3-1-2-4-16(14)23-17)24-11-8-15(9-12-24)22-18-7-10-20-13-21-18/h1-7,10,13,15H,8-9,11-12H2,(H,20,21,22). The summed E-state index contributed by atoms with van der Waals surface area (Å²) >= 11 is 0. The third-order valence-corrected chi connectivity index (χ3v) is 4.53. The summed E-state index contributed by atoms with van der Waals surface area (Å²) < 4.78 is 0. The van der Waals surface area contributed by atoms with Gasteiger partial charge in [0.25, 0.3) is 5.91 Å². The highest BCUT2D eigenvalue weighted by Gasteiger charge is 2.24. The van der Waals surface area contributed by atoms with Gasteiger partial charge < -0.3 is 10.2 Å². The molecule has 3 aromatic rings. The maximum Gasteiger partial charge on any atom is 0.272 e. The van der Waals surface area contributed by atoms with Crippen molar-refractivity contribution in [2.45, 2.75) is 18.9 Å². The quantitative estimate of drug-likeness (QED) is 0.798. The lowest BCUT2D eigenvalue weighted by Gasteiger charge is -2.32. The number of anilines is 1. The molecule has 3 heterocycles. The highest BCUT2D eigenvalue weighted by atomic mass is 16.2. The Morgan fingerprint density at radius 2 is 1.92 bits per heavy atom. The van der Waals surface area contributed by atoms with Gasteiger partial charge in [0.15, 0.2) is 0 Å². The minimum atomic E-state index is 0.00578. The molecule has 6 nitrogen and oxygen atoms in total. The van der Waals surface area contributed by atoms with E-state index in [9.17, 15) is 4.79 Å². The number of fused-ring (bicyclic) bond motifs is 1. The number of benzene rings is 1. The van der Waals surface area contributed by atoms with Gasteiger partial charge in [0.05, 0.1) is 5.52 Å². The molecule has 0 spiro atoms. The van der Waals surface area contributed by atoms with Gasteiger partial charge in [-0.2, -0.15) is 0 Å². The van der Waals surface area contributed by atoms with Gasteiger partial charge in [-0.05, 0) is 31.0 Å². The zero-order valence-corrected chi connectivity index (χ0v) is 13.8. The summed E-state index contributed by atoms with van der Waals surface area (Å²) in [5, 5.41) is 4.45. The van der Waals surface area contributed by atoms with Gasteiger partial charge in [-0.3, -0.25) is 4.79 Å². The molecule has 1 saturated heterocycles. The van der Waals surface area contributed by atoms with E-state index >= 15 is 0 Å². The molecule has 1 N–H and O–H groups in total. The van der Waals surface area contributed by atoms with Crippen molar-refractivity contribution in [3.63, 3.8) is 0 Å². The van der Waals surface area contributed by atoms with E-state index in [0.717, 1.165) is 42.7 Å². The molecule has 1 aliphatic heterocycles. The van der Waals surface area contributed by atoms with Crippen LogP contribution < -0.4 is 5.32 Å². The number of nitrogens with zero attached hydrogens (tertiary/aromatic N) is 4. The van der Waals surface area contributed by atoms with Crippen LogP contribution in [0, 0.1) is 0 Å². The normalized spacial score (nSPS) is 15.3. The van der Waals surface area contributed by atoms with Crippen LogP contribution in [0.3, 0.4) is 0 Å². The summed E-state index contributed by atoms with van der Waals surface area (Å²) in [6.07, 6.45) is 5.04. The van der Waals surface area contributed by atoms with Gasteiger partial charge >= 0.3 is 0 Å². The zero-order chi connectivity index (χ0) is 17.1. The average molecular weight is 333 g/mol. The molecule has 0 bridgehead atoms. The summed E-state index contributed by atoms with van der Waals surface area (Å²) in [5.41, 5.74) is 1.37. The first-order valence-corrected chi connectivity index (χ1v) is 8.47. The van der Waals surface area contributed by atoms with E-state index in [1.54, 1.807) is 6.20 Å². The third kappa shape index (κ3) is 3.42. The predicted octanol–water partition coefficient (Wildman–Crippen LogP) is 2.74. The smallest absolute Gasteiger partial charge is 0.272 e. The fourth-order valence-electron chi connectivity index (χ4n) is 3.16. The summed E-state index contributed by atoms with van der Waals surface area (Å²) in [6, 6.07) is 13.8. The van der Waals surface area contributed by atoms with Gasteiger partial charge in [-0.1, -0.05) is 24.3 Å². The Hall–Kier alpha value is -3.02. The highest BCUT2D eigenvalue weighted by Crippen LogP contribution is 2.18. The topological polar surface area (TPSA) is 71.0 Å². The van der Waals surface area contributed by atoms with E-state index in [4.69, 9.17) is 0 Å². The molecule has 0 radical (unpaired) electrons. The molecule has 1 fully saturated rings. The molecule has 1 aliphatic rings. The second-order valence-corrected chi connectivity index (χ2v) is 6.19. The first kappa shape index (κ1) is 15.5. The summed E-state index contributed by atoms with van der Waals surface area (Å²) in [7, 11) is 0. The number of rotatable bonds is 3. The second kappa shape index (κ2) is 6.84. The molecule has 0 saturated carbocycles. The lowest BCUT2D eigenvalue weighted by Crippen LogP contribution is -2.42. The minimum absolute atomic E-state index is 0.00578. The van der Waals surface area contributed by atoms with E-state index in [1.807, 2.05) is 47.4 Å². The number of piperidine rings is 1. The van der Waals surface area contributed by atoms with Crippen LogP contribution in [0.1, 0.15) is 23.3 Å². The van der Waals surface area contributed by atoms with Crippen molar-refractivity contribution in [2.24, 2.45) is 0 Å². The van der Waals surface area contributed by atoms with Crippen molar-refractivity contribution in [1.82, 2.24) is 19.9 Å². The number of carbonyl (C=O) groups excluding carboxylic acids is 1. The Bertz CT molecular complexity index is 875. The Balaban J connectivity index is 1.40. The van der Waals surface area contributed by atoms with Gasteiger partial charge in [0.1, 0.15) is 17.8 Å². The Labute approximate surface area is 145 Å². The molecule has 2 aromatic heterocycles. The molecule has 126 valence electrons. The number of nitrogens with one attached hydrogen (secondary N) is 1. The maximum absolute atomic E-state index is 12.7. The number of para-hydroxylation sites is 1. The highest BCUT2D eigenvalue weighted by molar-refractivity contribution is 5.95. The van der Waals surface area contributed by atoms with E-state index < -0.39 is 0 Å². The Kier molecular flexibility index (Phi) is 4.24. The summed E-state index contributed by atoms with van der Waals surface area (Å²) in [5.74, 6) is 0.835. The lowest BCUT2D eigenvalue weighted by atomic mass is 10.0. The number of hydrogen-bond donors (Lipinski definition) is 1. The van der Waals surface area contributed by atoms with Crippen LogP contribution in [0.5, 0.6) is 0 Å². The molecule has 0 unspecified atom stereocenters. The maximum atomic E-state index is 12.7. The summed E-state index contributed by atoms with van der Waals surface area (Å²) in [6.45, 7) is 1.44. The van der Waals surface area contributed by atoms with Crippen LogP contribution in [0.4, 0.5) is 5.82 Å². The Morgan fingerprint density at radius 3 is 2.72 bits per heavy atom. The minimum Gasteiger partial charge on any atom is -0.367 e. The second-order valence-electron chi connectivity index (χ2n) is 6.19. The van der Waals surface area contributed by atoms with Crippen LogP contribution in [0.2, 0.25) is 0 Å². The van der Waals surface area contributed by atoms with Crippen molar-refractivity contribution in [1.29, 1.82) is 0 Å². The molecule has 0 atom stereocenters. The zero-order valence-electron chi connectivity index (χ0n) is 13.8. The van der Waals surface area contributed by atoms with E-state index in [-0.39, 0.29) is 5.91 Å². The van der Waals surface area contributed by atoms with Gasteiger partial charge in [0.2, 0.25) is 0 Å². The average Bonchev–Trinajstić information content (AvgIpc) is 2.68. The first-order chi connectivity index (χ1) is 12.3. The van der Waals surface area contributed by atoms with E-state index in [2.05, 4.69) is 20.3 Å². The molecular formula is C19H19N5O. The lowest BCUT2D eigenvalue weighted by molar-refractivity contribution is 0.0713. The molecule has 6 heteroatoms. The van der Waals surface area contributed by atoms with Crippen LogP contribution in [0.25, 0.3) is 10.9 Å². The van der Waals surface area contributed by atoms with Crippen molar-refractivity contribution < 1.29 is 4.79 Å². The number of hydrogen-bond acceptors (Lipinski definition) is 5. The van der Waals surface area contributed by atoms with Crippen LogP contribution in [0.15, 0.2) is 55.0 Å². The largest absolute Gasteiger partial charge is 0.367 e. The molecule has 0 aliphatic carbocycles. The molecular weight excluding hydrogens is 314 g/mol. The van der Waals surface area contributed by atoms with Gasteiger partial charge in [-0.15, -0.1) is 0 Å². The van der Waals surface area contributed by atoms with Crippen LogP contribution in [-0.4, -0.2) is 44.9 Å². The number of pyridine rings is 1. The van der Waals surface area contributed by atoms with Crippen LogP contribution in [-0.2, 0) is 0 Å². The van der Waals surface area contributed by atoms with E-state index in [1.165, 1.54) is 6.33 Å². The SMILES string of the molecule is O=C(c1ccc2ccccc2n1)N1CCC(Nc2ccncn2)CC1. The number of likely N-dealkylation sites (tertiary alicyclic amines) is 1. The number of carbonyl (C=O) groups is 1. The Morgan fingerprint density at radius 1 is 1.08 bits per heavy atom. The third-order valence-electron chi connectivity index (χ3n) is 4.53. The number of amides is 1. The monoisotopic (exact) mass is 333 g/mol. The van der Waals surface area contributed by atoms with Gasteiger partial charge in [0, 0.05) is 30.7 Å². The van der Waals surface area contributed by atoms with Gasteiger partial charge in [-0.25, -0.2) is 15.0 Å². The summed E-state index contributed by atoms with van der Waals surface area (Å²) in [4.78, 5) is 27.2. The predicted molar refractivity (Wildman–Crippen MR) is 96.3 cm³/mol. The molecule has 1 amide bonds. The first-order valence-electron chi connectivity index (χ1n) is 8.47. The van der Waals surface area contributed by atoms with Crippen molar-refractivity contribution >= 4 is 22.6 Å². The van der Waals surface area contributed by atoms with Crippen LogP contribution >= 0.6 is 0 Å². The fraction of sp³-hybridized carbons (Fsp3) is 0.263. The van der Waals surface area contributed by atoms with Crippen molar-refractivity contribution in [2.75, 3.05) is 18.4 Å². The van der Waals surface area contributed by atoms with Crippen molar-refractivity contribution in [3.8, 4) is 0 Å². The fourth-order valence-corrected chi connectivity index (χ4v) is 3.16. The van der Waals surface area contributed by atoms with E-state index in [0.29, 0.717) is 11.7 Å².